The fourth-order valence-electron chi connectivity index (χ4n) is 1.92. The van der Waals surface area contributed by atoms with Crippen molar-refractivity contribution in [2.45, 2.75) is 45.1 Å². The zero-order valence-corrected chi connectivity index (χ0v) is 12.6. The minimum absolute atomic E-state index is 0.0963. The van der Waals surface area contributed by atoms with Crippen molar-refractivity contribution in [3.8, 4) is 0 Å². The SMILES string of the molecule is [N-]=[N+]=NCCC(=O)CCCCCC(=O)OCc1ccccc1. The number of esters is 1. The molecule has 0 saturated carbocycles. The van der Waals surface area contributed by atoms with Crippen molar-refractivity contribution in [2.24, 2.45) is 5.11 Å². The first kappa shape index (κ1) is 17.7. The third-order valence-electron chi connectivity index (χ3n) is 3.13. The van der Waals surface area contributed by atoms with E-state index in [9.17, 15) is 9.59 Å². The van der Waals surface area contributed by atoms with E-state index in [4.69, 9.17) is 10.3 Å². The Morgan fingerprint density at radius 1 is 1.05 bits per heavy atom. The van der Waals surface area contributed by atoms with Gasteiger partial charge in [-0.1, -0.05) is 41.9 Å². The molecule has 0 spiro atoms. The first-order valence-electron chi connectivity index (χ1n) is 7.44. The highest BCUT2D eigenvalue weighted by atomic mass is 16.5. The summed E-state index contributed by atoms with van der Waals surface area (Å²) >= 11 is 0. The first-order valence-corrected chi connectivity index (χ1v) is 7.44. The monoisotopic (exact) mass is 303 g/mol. The Kier molecular flexibility index (Phi) is 9.14. The zero-order valence-electron chi connectivity index (χ0n) is 12.6. The highest BCUT2D eigenvalue weighted by molar-refractivity contribution is 5.78. The molecule has 1 aromatic carbocycles. The number of carbonyl (C=O) groups is 2. The highest BCUT2D eigenvalue weighted by Crippen LogP contribution is 2.07. The minimum Gasteiger partial charge on any atom is -0.461 e. The van der Waals surface area contributed by atoms with Gasteiger partial charge in [0, 0.05) is 30.7 Å². The quantitative estimate of drug-likeness (QED) is 0.204. The van der Waals surface area contributed by atoms with Crippen molar-refractivity contribution in [3.05, 3.63) is 46.3 Å². The van der Waals surface area contributed by atoms with Gasteiger partial charge in [0.1, 0.15) is 12.4 Å². The number of unbranched alkanes of at least 4 members (excludes halogenated alkanes) is 2. The van der Waals surface area contributed by atoms with E-state index in [1.54, 1.807) is 0 Å². The maximum atomic E-state index is 11.6. The number of benzene rings is 1. The van der Waals surface area contributed by atoms with Crippen LogP contribution in [-0.2, 0) is 20.9 Å². The van der Waals surface area contributed by atoms with E-state index >= 15 is 0 Å². The highest BCUT2D eigenvalue weighted by Gasteiger charge is 2.05. The number of rotatable bonds is 11. The van der Waals surface area contributed by atoms with Gasteiger partial charge in [-0.05, 0) is 23.9 Å². The number of ether oxygens (including phenoxy) is 1. The molecule has 1 aromatic rings. The van der Waals surface area contributed by atoms with Gasteiger partial charge in [0.15, 0.2) is 0 Å². The van der Waals surface area contributed by atoms with Gasteiger partial charge < -0.3 is 4.74 Å². The summed E-state index contributed by atoms with van der Waals surface area (Å²) in [7, 11) is 0. The van der Waals surface area contributed by atoms with Gasteiger partial charge in [-0.25, -0.2) is 0 Å². The van der Waals surface area contributed by atoms with Crippen LogP contribution in [0.25, 0.3) is 10.4 Å². The summed E-state index contributed by atoms with van der Waals surface area (Å²) < 4.78 is 5.17. The van der Waals surface area contributed by atoms with E-state index in [0.717, 1.165) is 24.8 Å². The van der Waals surface area contributed by atoms with Crippen LogP contribution in [0.1, 0.15) is 44.1 Å². The van der Waals surface area contributed by atoms with E-state index in [1.165, 1.54) is 0 Å². The molecule has 6 nitrogen and oxygen atoms in total. The van der Waals surface area contributed by atoms with Gasteiger partial charge in [-0.2, -0.15) is 0 Å². The molecule has 0 fully saturated rings. The van der Waals surface area contributed by atoms with Crippen LogP contribution in [0.4, 0.5) is 0 Å². The summed E-state index contributed by atoms with van der Waals surface area (Å²) in [5.74, 6) is -0.113. The number of Topliss-reactive ketones (excluding diaryl/α,β-unsaturated/α-hetero) is 1. The van der Waals surface area contributed by atoms with Crippen molar-refractivity contribution < 1.29 is 14.3 Å². The number of ketones is 1. The topological polar surface area (TPSA) is 92.1 Å². The Bertz CT molecular complexity index is 511. The lowest BCUT2D eigenvalue weighted by molar-refractivity contribution is -0.145. The van der Waals surface area contributed by atoms with Crippen molar-refractivity contribution in [2.75, 3.05) is 6.54 Å². The molecular weight excluding hydrogens is 282 g/mol. The van der Waals surface area contributed by atoms with E-state index in [-0.39, 0.29) is 18.3 Å². The molecule has 6 heteroatoms. The molecule has 0 aromatic heterocycles. The Morgan fingerprint density at radius 3 is 2.50 bits per heavy atom. The Labute approximate surface area is 130 Å². The molecule has 0 radical (unpaired) electrons. The molecule has 0 atom stereocenters. The second kappa shape index (κ2) is 11.3. The van der Waals surface area contributed by atoms with E-state index in [1.807, 2.05) is 30.3 Å². The van der Waals surface area contributed by atoms with Crippen LogP contribution < -0.4 is 0 Å². The lowest BCUT2D eigenvalue weighted by atomic mass is 10.1. The van der Waals surface area contributed by atoms with E-state index in [0.29, 0.717) is 25.9 Å². The third kappa shape index (κ3) is 8.76. The van der Waals surface area contributed by atoms with E-state index in [2.05, 4.69) is 10.0 Å². The average Bonchev–Trinajstić information content (AvgIpc) is 2.54. The molecule has 0 aliphatic heterocycles. The van der Waals surface area contributed by atoms with Gasteiger partial charge in [0.05, 0.1) is 0 Å². The second-order valence-corrected chi connectivity index (χ2v) is 4.95. The van der Waals surface area contributed by atoms with Crippen LogP contribution in [0, 0.1) is 0 Å². The fourth-order valence-corrected chi connectivity index (χ4v) is 1.92. The summed E-state index contributed by atoms with van der Waals surface area (Å²) in [6.45, 7) is 0.527. The lowest BCUT2D eigenvalue weighted by Crippen LogP contribution is -2.04. The summed E-state index contributed by atoms with van der Waals surface area (Å²) in [6, 6.07) is 9.55. The molecule has 0 amide bonds. The lowest BCUT2D eigenvalue weighted by Gasteiger charge is -2.05. The summed E-state index contributed by atoms with van der Waals surface area (Å²) in [4.78, 5) is 25.5. The van der Waals surface area contributed by atoms with Gasteiger partial charge in [0.2, 0.25) is 0 Å². The first-order chi connectivity index (χ1) is 10.7. The van der Waals surface area contributed by atoms with Crippen LogP contribution in [0.5, 0.6) is 0 Å². The Balaban J connectivity index is 2.01. The maximum Gasteiger partial charge on any atom is 0.306 e. The molecule has 22 heavy (non-hydrogen) atoms. The van der Waals surface area contributed by atoms with Crippen LogP contribution >= 0.6 is 0 Å². The molecule has 0 aliphatic rings. The minimum atomic E-state index is -0.210. The number of hydrogen-bond acceptors (Lipinski definition) is 4. The van der Waals surface area contributed by atoms with Crippen molar-refractivity contribution in [1.29, 1.82) is 0 Å². The number of azide groups is 1. The molecule has 0 heterocycles. The smallest absolute Gasteiger partial charge is 0.306 e. The van der Waals surface area contributed by atoms with Gasteiger partial charge >= 0.3 is 5.97 Å². The summed E-state index contributed by atoms with van der Waals surface area (Å²) in [5, 5.41) is 3.32. The fraction of sp³-hybridized carbons (Fsp3) is 0.500. The molecule has 0 bridgehead atoms. The predicted octanol–water partition coefficient (Wildman–Crippen LogP) is 3.95. The van der Waals surface area contributed by atoms with Crippen LogP contribution in [-0.4, -0.2) is 18.3 Å². The zero-order chi connectivity index (χ0) is 16.0. The molecule has 0 saturated heterocycles. The molecule has 1 rings (SSSR count). The van der Waals surface area contributed by atoms with Crippen molar-refractivity contribution >= 4 is 11.8 Å². The third-order valence-corrected chi connectivity index (χ3v) is 3.13. The molecule has 118 valence electrons. The number of hydrogen-bond donors (Lipinski definition) is 0. The Hall–Kier alpha value is -2.33. The van der Waals surface area contributed by atoms with E-state index < -0.39 is 0 Å². The normalized spacial score (nSPS) is 9.82. The molecular formula is C16H21N3O3. The molecule has 0 aliphatic carbocycles. The number of carbonyl (C=O) groups excluding carboxylic acids is 2. The van der Waals surface area contributed by atoms with Crippen molar-refractivity contribution in [3.63, 3.8) is 0 Å². The van der Waals surface area contributed by atoms with Crippen LogP contribution in [0.15, 0.2) is 35.4 Å². The molecule has 0 N–H and O–H groups in total. The second-order valence-electron chi connectivity index (χ2n) is 4.95. The van der Waals surface area contributed by atoms with Gasteiger partial charge in [-0.15, -0.1) is 0 Å². The summed E-state index contributed by atoms with van der Waals surface area (Å²) in [5.41, 5.74) is 9.07. The van der Waals surface area contributed by atoms with Crippen LogP contribution in [0.3, 0.4) is 0 Å². The average molecular weight is 303 g/mol. The van der Waals surface area contributed by atoms with Gasteiger partial charge in [0.25, 0.3) is 0 Å². The predicted molar refractivity (Wildman–Crippen MR) is 83.0 cm³/mol. The molecule has 0 unspecified atom stereocenters. The van der Waals surface area contributed by atoms with Gasteiger partial charge in [-0.3, -0.25) is 9.59 Å². The van der Waals surface area contributed by atoms with Crippen molar-refractivity contribution in [1.82, 2.24) is 0 Å². The largest absolute Gasteiger partial charge is 0.461 e. The number of nitrogens with zero attached hydrogens (tertiary/aromatic N) is 3. The summed E-state index contributed by atoms with van der Waals surface area (Å²) in [6.07, 6.45) is 3.43. The van der Waals surface area contributed by atoms with Crippen LogP contribution in [0.2, 0.25) is 0 Å². The maximum absolute atomic E-state index is 11.6. The Morgan fingerprint density at radius 2 is 1.77 bits per heavy atom. The standard InChI is InChI=1S/C16H21N3O3/c17-19-18-12-11-15(20)9-5-2-6-10-16(21)22-13-14-7-3-1-4-8-14/h1,3-4,7-8H,2,5-6,9-13H2.